The first-order valence-corrected chi connectivity index (χ1v) is 10.8. The summed E-state index contributed by atoms with van der Waals surface area (Å²) >= 11 is 0. The van der Waals surface area contributed by atoms with E-state index in [1.165, 1.54) is 12.1 Å². The molecule has 0 saturated carbocycles. The molecule has 168 valence electrons. The number of terminal acetylenes is 1. The van der Waals surface area contributed by atoms with Crippen LogP contribution in [0.5, 0.6) is 0 Å². The SMILES string of the molecule is C#Cc1ccc([C@@H]2C=C(C(=O)NCc3ccc(F)cc3)O[C@H](OCC)[C@H]2CCCO)cc1. The number of benzene rings is 2. The largest absolute Gasteiger partial charge is 0.459 e. The van der Waals surface area contributed by atoms with Gasteiger partial charge < -0.3 is 19.9 Å². The van der Waals surface area contributed by atoms with Gasteiger partial charge in [-0.25, -0.2) is 4.39 Å². The summed E-state index contributed by atoms with van der Waals surface area (Å²) in [6.07, 6.45) is 7.93. The van der Waals surface area contributed by atoms with Gasteiger partial charge in [0.2, 0.25) is 6.29 Å². The van der Waals surface area contributed by atoms with Gasteiger partial charge in [-0.2, -0.15) is 0 Å². The van der Waals surface area contributed by atoms with Gasteiger partial charge in [-0.15, -0.1) is 6.42 Å². The van der Waals surface area contributed by atoms with Gasteiger partial charge in [0.15, 0.2) is 5.76 Å². The Morgan fingerprint density at radius 2 is 1.94 bits per heavy atom. The van der Waals surface area contributed by atoms with Crippen molar-refractivity contribution < 1.29 is 23.8 Å². The standard InChI is InChI=1S/C26H28FNO4/c1-3-18-7-11-20(12-8-18)23-16-24(32-26(31-4-2)22(23)6-5-15-29)25(30)28-17-19-9-13-21(27)14-10-19/h1,7-14,16,22-23,26,29H,4-6,15,17H2,2H3,(H,28,30)/t22-,23-,26-/m0/s1. The molecule has 6 heteroatoms. The van der Waals surface area contributed by atoms with Crippen LogP contribution in [-0.4, -0.2) is 30.5 Å². The summed E-state index contributed by atoms with van der Waals surface area (Å²) in [5, 5.41) is 12.2. The maximum atomic E-state index is 13.1. The van der Waals surface area contributed by atoms with E-state index < -0.39 is 6.29 Å². The van der Waals surface area contributed by atoms with Crippen molar-refractivity contribution in [3.05, 3.63) is 82.9 Å². The van der Waals surface area contributed by atoms with Gasteiger partial charge in [0.05, 0.1) is 0 Å². The van der Waals surface area contributed by atoms with Crippen LogP contribution in [0.4, 0.5) is 4.39 Å². The lowest BCUT2D eigenvalue weighted by molar-refractivity contribution is -0.166. The van der Waals surface area contributed by atoms with E-state index in [-0.39, 0.29) is 42.5 Å². The Labute approximate surface area is 188 Å². The monoisotopic (exact) mass is 437 g/mol. The molecule has 1 heterocycles. The van der Waals surface area contributed by atoms with Crippen molar-refractivity contribution in [1.82, 2.24) is 5.32 Å². The van der Waals surface area contributed by atoms with Gasteiger partial charge in [-0.3, -0.25) is 4.79 Å². The van der Waals surface area contributed by atoms with Crippen LogP contribution >= 0.6 is 0 Å². The number of aliphatic hydroxyl groups is 1. The van der Waals surface area contributed by atoms with Crippen LogP contribution in [0.15, 0.2) is 60.4 Å². The zero-order valence-electron chi connectivity index (χ0n) is 18.1. The van der Waals surface area contributed by atoms with Crippen molar-refractivity contribution >= 4 is 5.91 Å². The minimum atomic E-state index is -0.625. The third kappa shape index (κ3) is 5.97. The van der Waals surface area contributed by atoms with Crippen molar-refractivity contribution in [3.63, 3.8) is 0 Å². The average Bonchev–Trinajstić information content (AvgIpc) is 2.82. The Balaban J connectivity index is 1.85. The van der Waals surface area contributed by atoms with E-state index in [9.17, 15) is 14.3 Å². The second-order valence-electron chi connectivity index (χ2n) is 7.60. The van der Waals surface area contributed by atoms with Crippen molar-refractivity contribution in [2.45, 2.75) is 38.5 Å². The van der Waals surface area contributed by atoms with Gasteiger partial charge in [0.1, 0.15) is 5.82 Å². The minimum Gasteiger partial charge on any atom is -0.459 e. The highest BCUT2D eigenvalue weighted by molar-refractivity contribution is 5.91. The van der Waals surface area contributed by atoms with E-state index in [1.807, 2.05) is 37.3 Å². The molecule has 32 heavy (non-hydrogen) atoms. The molecule has 0 saturated heterocycles. The van der Waals surface area contributed by atoms with Crippen LogP contribution in [0.25, 0.3) is 0 Å². The Morgan fingerprint density at radius 1 is 1.22 bits per heavy atom. The van der Waals surface area contributed by atoms with Gasteiger partial charge >= 0.3 is 0 Å². The van der Waals surface area contributed by atoms with Crippen LogP contribution in [0.3, 0.4) is 0 Å². The molecule has 2 N–H and O–H groups in total. The lowest BCUT2D eigenvalue weighted by atomic mass is 9.80. The highest BCUT2D eigenvalue weighted by atomic mass is 19.1. The predicted molar refractivity (Wildman–Crippen MR) is 120 cm³/mol. The van der Waals surface area contributed by atoms with E-state index in [4.69, 9.17) is 15.9 Å². The summed E-state index contributed by atoms with van der Waals surface area (Å²) < 4.78 is 24.9. The van der Waals surface area contributed by atoms with E-state index >= 15 is 0 Å². The van der Waals surface area contributed by atoms with Gasteiger partial charge in [0.25, 0.3) is 5.91 Å². The smallest absolute Gasteiger partial charge is 0.286 e. The molecule has 1 aliphatic heterocycles. The van der Waals surface area contributed by atoms with Crippen LogP contribution in [0, 0.1) is 24.1 Å². The number of allylic oxidation sites excluding steroid dienone is 1. The molecule has 2 aromatic rings. The van der Waals surface area contributed by atoms with E-state index in [1.54, 1.807) is 12.1 Å². The number of hydrogen-bond acceptors (Lipinski definition) is 4. The quantitative estimate of drug-likeness (QED) is 0.585. The predicted octanol–water partition coefficient (Wildman–Crippen LogP) is 3.87. The molecule has 1 aliphatic rings. The highest BCUT2D eigenvalue weighted by Gasteiger charge is 2.37. The van der Waals surface area contributed by atoms with Crippen molar-refractivity contribution in [2.24, 2.45) is 5.92 Å². The van der Waals surface area contributed by atoms with Crippen LogP contribution < -0.4 is 5.32 Å². The van der Waals surface area contributed by atoms with E-state index in [2.05, 4.69) is 11.2 Å². The second kappa shape index (κ2) is 11.5. The number of carbonyl (C=O) groups excluding carboxylic acids is 1. The highest BCUT2D eigenvalue weighted by Crippen LogP contribution is 2.39. The van der Waals surface area contributed by atoms with Gasteiger partial charge in [-0.1, -0.05) is 30.2 Å². The Kier molecular flexibility index (Phi) is 8.43. The average molecular weight is 438 g/mol. The van der Waals surface area contributed by atoms with Crippen molar-refractivity contribution in [1.29, 1.82) is 0 Å². The maximum Gasteiger partial charge on any atom is 0.286 e. The number of amides is 1. The third-order valence-electron chi connectivity index (χ3n) is 5.46. The molecular formula is C26H28FNO4. The maximum absolute atomic E-state index is 13.1. The third-order valence-corrected chi connectivity index (χ3v) is 5.46. The first kappa shape index (κ1) is 23.5. The first-order valence-electron chi connectivity index (χ1n) is 10.8. The fraction of sp³-hybridized carbons (Fsp3) is 0.346. The summed E-state index contributed by atoms with van der Waals surface area (Å²) in [5.74, 6) is 1.86. The second-order valence-corrected chi connectivity index (χ2v) is 7.60. The molecular weight excluding hydrogens is 409 g/mol. The molecule has 5 nitrogen and oxygen atoms in total. The Morgan fingerprint density at radius 3 is 2.56 bits per heavy atom. The molecule has 0 bridgehead atoms. The molecule has 0 fully saturated rings. The fourth-order valence-electron chi connectivity index (χ4n) is 3.82. The molecule has 0 unspecified atom stereocenters. The van der Waals surface area contributed by atoms with Gasteiger partial charge in [-0.05, 0) is 61.2 Å². The van der Waals surface area contributed by atoms with Crippen LogP contribution in [0.2, 0.25) is 0 Å². The normalized spacial score (nSPS) is 20.1. The van der Waals surface area contributed by atoms with E-state index in [0.717, 1.165) is 16.7 Å². The Hall–Kier alpha value is -3.14. The molecule has 3 atom stereocenters. The molecule has 2 aromatic carbocycles. The lowest BCUT2D eigenvalue weighted by Gasteiger charge is -2.37. The number of halogens is 1. The summed E-state index contributed by atoms with van der Waals surface area (Å²) in [7, 11) is 0. The summed E-state index contributed by atoms with van der Waals surface area (Å²) in [5.41, 5.74) is 2.54. The topological polar surface area (TPSA) is 67.8 Å². The molecule has 0 aromatic heterocycles. The first-order chi connectivity index (χ1) is 15.5. The summed E-state index contributed by atoms with van der Waals surface area (Å²) in [4.78, 5) is 12.9. The number of nitrogens with one attached hydrogen (secondary N) is 1. The molecule has 1 amide bonds. The minimum absolute atomic E-state index is 0.0623. The number of hydrogen-bond donors (Lipinski definition) is 2. The Bertz CT molecular complexity index is 963. The number of aliphatic hydroxyl groups excluding tert-OH is 1. The summed E-state index contributed by atoms with van der Waals surface area (Å²) in [6.45, 7) is 2.60. The van der Waals surface area contributed by atoms with Crippen molar-refractivity contribution in [2.75, 3.05) is 13.2 Å². The fourth-order valence-corrected chi connectivity index (χ4v) is 3.82. The van der Waals surface area contributed by atoms with Gasteiger partial charge in [0, 0.05) is 37.2 Å². The molecule has 0 aliphatic carbocycles. The lowest BCUT2D eigenvalue weighted by Crippen LogP contribution is -2.39. The zero-order valence-corrected chi connectivity index (χ0v) is 18.1. The van der Waals surface area contributed by atoms with Crippen LogP contribution in [-0.2, 0) is 20.8 Å². The van der Waals surface area contributed by atoms with Crippen LogP contribution in [0.1, 0.15) is 42.4 Å². The number of carbonyl (C=O) groups is 1. The molecule has 0 radical (unpaired) electrons. The van der Waals surface area contributed by atoms with Crippen molar-refractivity contribution in [3.8, 4) is 12.3 Å². The number of rotatable bonds is 9. The zero-order chi connectivity index (χ0) is 22.9. The molecule has 0 spiro atoms. The summed E-state index contributed by atoms with van der Waals surface area (Å²) in [6, 6.07) is 13.6. The molecule has 3 rings (SSSR count). The number of ether oxygens (including phenoxy) is 2. The van der Waals surface area contributed by atoms with E-state index in [0.29, 0.717) is 19.4 Å².